The molecule has 2 aromatic heterocycles. The van der Waals surface area contributed by atoms with Gasteiger partial charge >= 0.3 is 0 Å². The van der Waals surface area contributed by atoms with Gasteiger partial charge < -0.3 is 4.90 Å². The van der Waals surface area contributed by atoms with Crippen molar-refractivity contribution in [3.05, 3.63) is 36.7 Å². The molecular weight excluding hydrogens is 280 g/mol. The third-order valence-electron chi connectivity index (χ3n) is 3.94. The van der Waals surface area contributed by atoms with E-state index in [0.717, 1.165) is 40.4 Å². The van der Waals surface area contributed by atoms with Gasteiger partial charge in [0.05, 0.1) is 0 Å². The smallest absolute Gasteiger partial charge is 0.151 e. The Kier molecular flexibility index (Phi) is 3.27. The fourth-order valence-corrected chi connectivity index (χ4v) is 3.74. The lowest BCUT2D eigenvalue weighted by Gasteiger charge is -2.27. The van der Waals surface area contributed by atoms with Crippen LogP contribution in [-0.2, 0) is 0 Å². The number of rotatable bonds is 2. The largest absolute Gasteiger partial charge is 0.355 e. The molecule has 3 heterocycles. The van der Waals surface area contributed by atoms with Gasteiger partial charge in [-0.05, 0) is 30.8 Å². The Balaban J connectivity index is 1.83. The highest BCUT2D eigenvalue weighted by Gasteiger charge is 2.19. The SMILES string of the molecule is c1ccc(-c2nsc3c(N4CCCCC4)ncnc23)cc1. The van der Waals surface area contributed by atoms with Crippen LogP contribution in [0.15, 0.2) is 36.7 Å². The van der Waals surface area contributed by atoms with Crippen LogP contribution in [0.25, 0.3) is 21.5 Å². The van der Waals surface area contributed by atoms with E-state index in [-0.39, 0.29) is 0 Å². The van der Waals surface area contributed by atoms with E-state index in [0.29, 0.717) is 0 Å². The standard InChI is InChI=1S/C16H16N4S/c1-3-7-12(8-4-1)13-14-15(21-19-13)16(18-11-17-14)20-9-5-2-6-10-20/h1,3-4,7-8,11H,2,5-6,9-10H2. The second-order valence-corrected chi connectivity index (χ2v) is 6.09. The normalized spacial score (nSPS) is 15.5. The molecule has 4 nitrogen and oxygen atoms in total. The van der Waals surface area contributed by atoms with Crippen LogP contribution in [-0.4, -0.2) is 27.4 Å². The van der Waals surface area contributed by atoms with Gasteiger partial charge in [-0.15, -0.1) is 0 Å². The summed E-state index contributed by atoms with van der Waals surface area (Å²) in [7, 11) is 0. The first-order chi connectivity index (χ1) is 10.4. The van der Waals surface area contributed by atoms with Crippen molar-refractivity contribution in [1.82, 2.24) is 14.3 Å². The van der Waals surface area contributed by atoms with Crippen molar-refractivity contribution >= 4 is 27.6 Å². The van der Waals surface area contributed by atoms with Gasteiger partial charge in [0.2, 0.25) is 0 Å². The lowest BCUT2D eigenvalue weighted by Crippen LogP contribution is -2.30. The van der Waals surface area contributed by atoms with Gasteiger partial charge in [-0.3, -0.25) is 0 Å². The Labute approximate surface area is 127 Å². The summed E-state index contributed by atoms with van der Waals surface area (Å²) >= 11 is 1.51. The van der Waals surface area contributed by atoms with Crippen molar-refractivity contribution in [3.63, 3.8) is 0 Å². The predicted molar refractivity (Wildman–Crippen MR) is 86.7 cm³/mol. The first-order valence-electron chi connectivity index (χ1n) is 7.34. The molecule has 0 N–H and O–H groups in total. The van der Waals surface area contributed by atoms with E-state index in [1.54, 1.807) is 6.33 Å². The van der Waals surface area contributed by atoms with Gasteiger partial charge in [-0.2, -0.15) is 4.37 Å². The van der Waals surface area contributed by atoms with E-state index in [1.165, 1.54) is 30.8 Å². The Bertz CT molecular complexity index is 747. The minimum absolute atomic E-state index is 0.969. The summed E-state index contributed by atoms with van der Waals surface area (Å²) in [6.45, 7) is 2.18. The zero-order chi connectivity index (χ0) is 14.1. The molecule has 1 saturated heterocycles. The maximum atomic E-state index is 4.63. The summed E-state index contributed by atoms with van der Waals surface area (Å²) in [4.78, 5) is 11.4. The van der Waals surface area contributed by atoms with Crippen molar-refractivity contribution in [1.29, 1.82) is 0 Å². The summed E-state index contributed by atoms with van der Waals surface area (Å²) in [6.07, 6.45) is 5.49. The highest BCUT2D eigenvalue weighted by Crippen LogP contribution is 2.34. The van der Waals surface area contributed by atoms with Gasteiger partial charge in [0.25, 0.3) is 0 Å². The molecule has 0 atom stereocenters. The molecule has 1 fully saturated rings. The molecule has 4 rings (SSSR count). The molecule has 0 unspecified atom stereocenters. The molecule has 1 aromatic carbocycles. The molecule has 1 aliphatic rings. The van der Waals surface area contributed by atoms with E-state index >= 15 is 0 Å². The fourth-order valence-electron chi connectivity index (χ4n) is 2.87. The van der Waals surface area contributed by atoms with E-state index in [9.17, 15) is 0 Å². The molecule has 106 valence electrons. The van der Waals surface area contributed by atoms with Gasteiger partial charge in [-0.1, -0.05) is 30.3 Å². The van der Waals surface area contributed by atoms with Crippen molar-refractivity contribution in [2.75, 3.05) is 18.0 Å². The number of hydrogen-bond acceptors (Lipinski definition) is 5. The molecule has 3 aromatic rings. The van der Waals surface area contributed by atoms with Gasteiger partial charge in [-0.25, -0.2) is 9.97 Å². The molecule has 0 amide bonds. The summed E-state index contributed by atoms with van der Waals surface area (Å²) in [5.74, 6) is 1.05. The molecule has 1 aliphatic heterocycles. The second kappa shape index (κ2) is 5.41. The third-order valence-corrected chi connectivity index (χ3v) is 4.77. The molecule has 0 saturated carbocycles. The van der Waals surface area contributed by atoms with E-state index in [2.05, 4.69) is 31.4 Å². The average molecular weight is 296 g/mol. The predicted octanol–water partition coefficient (Wildman–Crippen LogP) is 3.74. The highest BCUT2D eigenvalue weighted by atomic mass is 32.1. The molecule has 5 heteroatoms. The van der Waals surface area contributed by atoms with Crippen LogP contribution < -0.4 is 4.90 Å². The maximum absolute atomic E-state index is 4.63. The van der Waals surface area contributed by atoms with Crippen LogP contribution in [0.4, 0.5) is 5.82 Å². The summed E-state index contributed by atoms with van der Waals surface area (Å²) in [6, 6.07) is 10.3. The van der Waals surface area contributed by atoms with Crippen LogP contribution in [0.1, 0.15) is 19.3 Å². The van der Waals surface area contributed by atoms with Crippen molar-refractivity contribution < 1.29 is 0 Å². The van der Waals surface area contributed by atoms with E-state index in [1.807, 2.05) is 18.2 Å². The fraction of sp³-hybridized carbons (Fsp3) is 0.312. The lowest BCUT2D eigenvalue weighted by molar-refractivity contribution is 0.575. The number of nitrogens with zero attached hydrogens (tertiary/aromatic N) is 4. The van der Waals surface area contributed by atoms with Crippen LogP contribution >= 0.6 is 11.5 Å². The quantitative estimate of drug-likeness (QED) is 0.722. The van der Waals surface area contributed by atoms with Crippen LogP contribution in [0.3, 0.4) is 0 Å². The number of piperidine rings is 1. The zero-order valence-corrected chi connectivity index (χ0v) is 12.5. The maximum Gasteiger partial charge on any atom is 0.151 e. The molecule has 21 heavy (non-hydrogen) atoms. The minimum Gasteiger partial charge on any atom is -0.355 e. The first-order valence-corrected chi connectivity index (χ1v) is 8.11. The van der Waals surface area contributed by atoms with Crippen molar-refractivity contribution in [2.24, 2.45) is 0 Å². The van der Waals surface area contributed by atoms with Gasteiger partial charge in [0, 0.05) is 18.7 Å². The lowest BCUT2D eigenvalue weighted by atomic mass is 10.1. The first kappa shape index (κ1) is 12.7. The Hall–Kier alpha value is -2.01. The van der Waals surface area contributed by atoms with Crippen LogP contribution in [0.5, 0.6) is 0 Å². The summed E-state index contributed by atoms with van der Waals surface area (Å²) in [5, 5.41) is 0. The average Bonchev–Trinajstić information content (AvgIpc) is 3.00. The van der Waals surface area contributed by atoms with Gasteiger partial charge in [0.1, 0.15) is 22.2 Å². The Morgan fingerprint density at radius 2 is 1.76 bits per heavy atom. The molecule has 0 aliphatic carbocycles. The zero-order valence-electron chi connectivity index (χ0n) is 11.7. The molecule has 0 spiro atoms. The van der Waals surface area contributed by atoms with E-state index < -0.39 is 0 Å². The highest BCUT2D eigenvalue weighted by molar-refractivity contribution is 7.14. The van der Waals surface area contributed by atoms with Gasteiger partial charge in [0.15, 0.2) is 5.82 Å². The minimum atomic E-state index is 0.969. The Morgan fingerprint density at radius 1 is 0.952 bits per heavy atom. The van der Waals surface area contributed by atoms with Crippen LogP contribution in [0, 0.1) is 0 Å². The number of anilines is 1. The molecular formula is C16H16N4S. The summed E-state index contributed by atoms with van der Waals surface area (Å²) < 4.78 is 5.74. The second-order valence-electron chi connectivity index (χ2n) is 5.32. The van der Waals surface area contributed by atoms with Crippen LogP contribution in [0.2, 0.25) is 0 Å². The summed E-state index contributed by atoms with van der Waals surface area (Å²) in [5.41, 5.74) is 3.06. The number of benzene rings is 1. The topological polar surface area (TPSA) is 41.9 Å². The van der Waals surface area contributed by atoms with Crippen molar-refractivity contribution in [2.45, 2.75) is 19.3 Å². The third kappa shape index (κ3) is 2.27. The molecule has 0 radical (unpaired) electrons. The number of hydrogen-bond donors (Lipinski definition) is 0. The molecule has 0 bridgehead atoms. The van der Waals surface area contributed by atoms with E-state index in [4.69, 9.17) is 0 Å². The number of fused-ring (bicyclic) bond motifs is 1. The Morgan fingerprint density at radius 3 is 2.57 bits per heavy atom. The monoisotopic (exact) mass is 296 g/mol. The number of aromatic nitrogens is 3. The van der Waals surface area contributed by atoms with Crippen molar-refractivity contribution in [3.8, 4) is 11.3 Å².